The molecule has 2 atom stereocenters. The molecule has 0 heterocycles. The van der Waals surface area contributed by atoms with E-state index in [1.165, 1.54) is 19.1 Å². The zero-order valence-corrected chi connectivity index (χ0v) is 20.3. The predicted octanol–water partition coefficient (Wildman–Crippen LogP) is 6.45. The number of carbonyl (C=O) groups excluding carboxylic acids is 2. The van der Waals surface area contributed by atoms with Gasteiger partial charge in [0.25, 0.3) is 5.91 Å². The normalized spacial score (nSPS) is 27.9. The van der Waals surface area contributed by atoms with E-state index < -0.39 is 27.7 Å². The van der Waals surface area contributed by atoms with Gasteiger partial charge in [-0.05, 0) is 55.3 Å². The minimum atomic E-state index is -1.27. The maximum Gasteiger partial charge on any atom is 0.253 e. The largest absolute Gasteiger partial charge is 0.349 e. The zero-order chi connectivity index (χ0) is 23.4. The van der Waals surface area contributed by atoms with Gasteiger partial charge in [0.05, 0.1) is 16.5 Å². The summed E-state index contributed by atoms with van der Waals surface area (Å²) in [6.45, 7) is 3.40. The van der Waals surface area contributed by atoms with E-state index in [4.69, 9.17) is 46.4 Å². The highest BCUT2D eigenvalue weighted by molar-refractivity contribution is 6.53. The molecule has 2 amide bonds. The predicted molar refractivity (Wildman–Crippen MR) is 127 cm³/mol. The van der Waals surface area contributed by atoms with Crippen LogP contribution in [0.4, 0.5) is 10.1 Å². The van der Waals surface area contributed by atoms with E-state index in [2.05, 4.69) is 10.6 Å². The summed E-state index contributed by atoms with van der Waals surface area (Å²) in [5.74, 6) is -1.89. The van der Waals surface area contributed by atoms with Crippen molar-refractivity contribution < 1.29 is 14.0 Å². The third-order valence-corrected chi connectivity index (χ3v) is 7.41. The molecule has 0 bridgehead atoms. The molecule has 2 N–H and O–H groups in total. The zero-order valence-electron chi connectivity index (χ0n) is 17.3. The number of anilines is 1. The number of aryl methyl sites for hydroxylation is 1. The van der Waals surface area contributed by atoms with Crippen LogP contribution in [0.15, 0.2) is 36.4 Å². The Morgan fingerprint density at radius 3 is 2.41 bits per heavy atom. The van der Waals surface area contributed by atoms with Gasteiger partial charge in [0, 0.05) is 35.5 Å². The SMILES string of the molecule is Cc1cc(Cl)cc(C2C(C(=O)Nc3ccc(Cl)c(C(=O)NC4CC(C)(F)C4)c3)C2(Cl)Cl)c1. The number of alkyl halides is 3. The first-order valence-corrected chi connectivity index (χ1v) is 11.6. The molecule has 32 heavy (non-hydrogen) atoms. The molecule has 2 aromatic rings. The quantitative estimate of drug-likeness (QED) is 0.448. The first-order valence-electron chi connectivity index (χ1n) is 10.1. The third-order valence-electron chi connectivity index (χ3n) is 5.92. The molecule has 2 fully saturated rings. The maximum atomic E-state index is 13.7. The van der Waals surface area contributed by atoms with Crippen molar-refractivity contribution in [1.29, 1.82) is 0 Å². The molecule has 4 nitrogen and oxygen atoms in total. The molecule has 2 aliphatic rings. The van der Waals surface area contributed by atoms with Crippen LogP contribution in [0.25, 0.3) is 0 Å². The number of benzene rings is 2. The molecule has 0 spiro atoms. The van der Waals surface area contributed by atoms with E-state index in [0.717, 1.165) is 11.1 Å². The van der Waals surface area contributed by atoms with Crippen LogP contribution in [0.2, 0.25) is 10.0 Å². The van der Waals surface area contributed by atoms with Crippen molar-refractivity contribution in [2.75, 3.05) is 5.32 Å². The van der Waals surface area contributed by atoms with Crippen molar-refractivity contribution in [3.8, 4) is 0 Å². The first-order chi connectivity index (χ1) is 14.9. The molecule has 170 valence electrons. The Labute approximate surface area is 205 Å². The molecular formula is C23H21Cl4FN2O2. The smallest absolute Gasteiger partial charge is 0.253 e. The Hall–Kier alpha value is -1.53. The van der Waals surface area contributed by atoms with Gasteiger partial charge in [0.15, 0.2) is 0 Å². The van der Waals surface area contributed by atoms with Crippen LogP contribution in [0.3, 0.4) is 0 Å². The van der Waals surface area contributed by atoms with Crippen LogP contribution >= 0.6 is 46.4 Å². The van der Waals surface area contributed by atoms with Crippen LogP contribution in [0.1, 0.15) is 47.2 Å². The molecule has 0 aliphatic heterocycles. The van der Waals surface area contributed by atoms with Gasteiger partial charge < -0.3 is 10.6 Å². The topological polar surface area (TPSA) is 58.2 Å². The fraction of sp³-hybridized carbons (Fsp3) is 0.391. The Bertz CT molecular complexity index is 1080. The summed E-state index contributed by atoms with van der Waals surface area (Å²) >= 11 is 25.2. The molecule has 0 aromatic heterocycles. The molecule has 2 aromatic carbocycles. The van der Waals surface area contributed by atoms with E-state index >= 15 is 0 Å². The van der Waals surface area contributed by atoms with E-state index in [1.807, 2.05) is 19.1 Å². The Balaban J connectivity index is 1.46. The van der Waals surface area contributed by atoms with Crippen LogP contribution < -0.4 is 10.6 Å². The highest BCUT2D eigenvalue weighted by Gasteiger charge is 2.67. The van der Waals surface area contributed by atoms with Crippen molar-refractivity contribution in [3.05, 3.63) is 63.1 Å². The van der Waals surface area contributed by atoms with Gasteiger partial charge in [-0.15, -0.1) is 23.2 Å². The summed E-state index contributed by atoms with van der Waals surface area (Å²) in [5, 5.41) is 6.30. The Kier molecular flexibility index (Phi) is 6.17. The van der Waals surface area contributed by atoms with Gasteiger partial charge in [-0.1, -0.05) is 29.3 Å². The number of nitrogens with one attached hydrogen (secondary N) is 2. The number of amides is 2. The van der Waals surface area contributed by atoms with Crippen molar-refractivity contribution in [3.63, 3.8) is 0 Å². The highest BCUT2D eigenvalue weighted by Crippen LogP contribution is 2.65. The van der Waals surface area contributed by atoms with Crippen LogP contribution in [-0.4, -0.2) is 27.9 Å². The minimum Gasteiger partial charge on any atom is -0.349 e. The van der Waals surface area contributed by atoms with Crippen molar-refractivity contribution in [2.45, 2.75) is 48.7 Å². The number of hydrogen-bond acceptors (Lipinski definition) is 2. The van der Waals surface area contributed by atoms with Gasteiger partial charge in [-0.3, -0.25) is 9.59 Å². The summed E-state index contributed by atoms with van der Waals surface area (Å²) in [4.78, 5) is 25.5. The average molecular weight is 518 g/mol. The summed E-state index contributed by atoms with van der Waals surface area (Å²) in [5.41, 5.74) is 1.05. The second-order valence-electron chi connectivity index (χ2n) is 8.87. The standard InChI is InChI=1S/C23H21Cl4FN2O2/c1-11-5-12(7-13(24)6-11)18-19(23(18,26)27)21(32)29-14-3-4-17(25)16(8-14)20(31)30-15-9-22(2,28)10-15/h3-8,15,18-19H,9-10H2,1-2H3,(H,29,32)(H,30,31). The minimum absolute atomic E-state index is 0.192. The van der Waals surface area contributed by atoms with Gasteiger partial charge in [0.2, 0.25) is 5.91 Å². The molecule has 2 saturated carbocycles. The van der Waals surface area contributed by atoms with Crippen molar-refractivity contribution >= 4 is 63.9 Å². The van der Waals surface area contributed by atoms with E-state index in [-0.39, 0.29) is 35.4 Å². The lowest BCUT2D eigenvalue weighted by atomic mass is 9.79. The molecule has 4 rings (SSSR count). The van der Waals surface area contributed by atoms with Crippen LogP contribution in [-0.2, 0) is 4.79 Å². The monoisotopic (exact) mass is 516 g/mol. The number of hydrogen-bond donors (Lipinski definition) is 2. The lowest BCUT2D eigenvalue weighted by Gasteiger charge is -2.39. The van der Waals surface area contributed by atoms with E-state index in [9.17, 15) is 14.0 Å². The Morgan fingerprint density at radius 1 is 1.09 bits per heavy atom. The molecule has 0 radical (unpaired) electrons. The number of halogens is 5. The molecular weight excluding hydrogens is 497 g/mol. The van der Waals surface area contributed by atoms with Crippen LogP contribution in [0.5, 0.6) is 0 Å². The maximum absolute atomic E-state index is 13.7. The van der Waals surface area contributed by atoms with Gasteiger partial charge in [-0.2, -0.15) is 0 Å². The highest BCUT2D eigenvalue weighted by atomic mass is 35.5. The fourth-order valence-corrected chi connectivity index (χ4v) is 5.67. The van der Waals surface area contributed by atoms with E-state index in [1.54, 1.807) is 12.1 Å². The summed E-state index contributed by atoms with van der Waals surface area (Å²) in [6.07, 6.45) is 0.513. The second kappa shape index (κ2) is 8.35. The molecule has 2 aliphatic carbocycles. The van der Waals surface area contributed by atoms with E-state index in [0.29, 0.717) is 10.7 Å². The Morgan fingerprint density at radius 2 is 1.78 bits per heavy atom. The summed E-state index contributed by atoms with van der Waals surface area (Å²) < 4.78 is 12.4. The molecule has 0 saturated heterocycles. The number of rotatable bonds is 5. The number of carbonyl (C=O) groups is 2. The van der Waals surface area contributed by atoms with Crippen molar-refractivity contribution in [1.82, 2.24) is 5.32 Å². The summed E-state index contributed by atoms with van der Waals surface area (Å²) in [6, 6.07) is 9.80. The van der Waals surface area contributed by atoms with Gasteiger partial charge in [-0.25, -0.2) is 4.39 Å². The third kappa shape index (κ3) is 4.72. The first kappa shape index (κ1) is 23.6. The lowest BCUT2D eigenvalue weighted by molar-refractivity contribution is -0.117. The summed E-state index contributed by atoms with van der Waals surface area (Å²) in [7, 11) is 0. The molecule has 9 heteroatoms. The molecule has 2 unspecified atom stereocenters. The van der Waals surface area contributed by atoms with Gasteiger partial charge >= 0.3 is 0 Å². The average Bonchev–Trinajstić information content (AvgIpc) is 3.23. The lowest BCUT2D eigenvalue weighted by Crippen LogP contribution is -2.51. The van der Waals surface area contributed by atoms with Gasteiger partial charge in [0.1, 0.15) is 10.0 Å². The second-order valence-corrected chi connectivity index (χ2v) is 11.2. The van der Waals surface area contributed by atoms with Crippen molar-refractivity contribution in [2.24, 2.45) is 5.92 Å². The van der Waals surface area contributed by atoms with Crippen LogP contribution in [0, 0.1) is 12.8 Å². The fourth-order valence-electron chi connectivity index (χ4n) is 4.34.